The molecule has 1 aliphatic heterocycles. The standard InChI is InChI=1S/C18H18N2O6/c1-24-13-19-17(21)25-12-18(19,15-7-3-2-4-8-15)26-11-14-6-5-9-16(10-14)20(22)23/h2-10H,11-13H2,1H3. The van der Waals surface area contributed by atoms with Gasteiger partial charge >= 0.3 is 6.09 Å². The molecule has 1 saturated heterocycles. The van der Waals surface area contributed by atoms with E-state index in [-0.39, 0.29) is 25.6 Å². The molecular weight excluding hydrogens is 340 g/mol. The minimum absolute atomic E-state index is 0.00582. The highest BCUT2D eigenvalue weighted by Gasteiger charge is 2.50. The number of methoxy groups -OCH3 is 1. The lowest BCUT2D eigenvalue weighted by Gasteiger charge is -2.35. The fourth-order valence-electron chi connectivity index (χ4n) is 2.85. The quantitative estimate of drug-likeness (QED) is 0.558. The van der Waals surface area contributed by atoms with Crippen LogP contribution in [0.4, 0.5) is 10.5 Å². The summed E-state index contributed by atoms with van der Waals surface area (Å²) in [6.07, 6.45) is -0.547. The molecule has 0 radical (unpaired) electrons. The molecule has 2 aromatic carbocycles. The largest absolute Gasteiger partial charge is 0.444 e. The summed E-state index contributed by atoms with van der Waals surface area (Å²) in [4.78, 5) is 24.0. The van der Waals surface area contributed by atoms with Crippen LogP contribution in [0, 0.1) is 10.1 Å². The summed E-state index contributed by atoms with van der Waals surface area (Å²) in [5, 5.41) is 11.0. The van der Waals surface area contributed by atoms with Gasteiger partial charge in [-0.1, -0.05) is 42.5 Å². The van der Waals surface area contributed by atoms with E-state index in [1.807, 2.05) is 30.3 Å². The maximum Gasteiger partial charge on any atom is 0.414 e. The normalized spacial score (nSPS) is 19.4. The maximum atomic E-state index is 12.2. The Balaban J connectivity index is 1.91. The van der Waals surface area contributed by atoms with Gasteiger partial charge < -0.3 is 14.2 Å². The summed E-state index contributed by atoms with van der Waals surface area (Å²) in [5.74, 6) is 0. The van der Waals surface area contributed by atoms with Crippen LogP contribution in [-0.4, -0.2) is 36.4 Å². The second-order valence-corrected chi connectivity index (χ2v) is 5.77. The van der Waals surface area contributed by atoms with Crippen LogP contribution < -0.4 is 0 Å². The molecule has 0 aliphatic carbocycles. The van der Waals surface area contributed by atoms with Crippen LogP contribution in [0.5, 0.6) is 0 Å². The van der Waals surface area contributed by atoms with Crippen LogP contribution in [0.3, 0.4) is 0 Å². The summed E-state index contributed by atoms with van der Waals surface area (Å²) in [7, 11) is 1.47. The van der Waals surface area contributed by atoms with Crippen molar-refractivity contribution in [3.63, 3.8) is 0 Å². The number of rotatable bonds is 7. The lowest BCUT2D eigenvalue weighted by molar-refractivity contribution is -0.385. The zero-order valence-corrected chi connectivity index (χ0v) is 14.2. The van der Waals surface area contributed by atoms with Crippen molar-refractivity contribution in [1.82, 2.24) is 4.90 Å². The van der Waals surface area contributed by atoms with Crippen molar-refractivity contribution in [3.05, 3.63) is 75.8 Å². The number of hydrogen-bond donors (Lipinski definition) is 0. The van der Waals surface area contributed by atoms with Crippen molar-refractivity contribution in [2.24, 2.45) is 0 Å². The van der Waals surface area contributed by atoms with E-state index >= 15 is 0 Å². The fourth-order valence-corrected chi connectivity index (χ4v) is 2.85. The van der Waals surface area contributed by atoms with Crippen LogP contribution in [0.15, 0.2) is 54.6 Å². The van der Waals surface area contributed by atoms with E-state index in [0.29, 0.717) is 5.56 Å². The van der Waals surface area contributed by atoms with Crippen LogP contribution in [0.1, 0.15) is 11.1 Å². The molecule has 2 aromatic rings. The number of nitro groups is 1. The summed E-state index contributed by atoms with van der Waals surface area (Å²) in [6, 6.07) is 15.4. The van der Waals surface area contributed by atoms with Crippen LogP contribution in [0.2, 0.25) is 0 Å². The zero-order chi connectivity index (χ0) is 18.6. The lowest BCUT2D eigenvalue weighted by Crippen LogP contribution is -2.47. The molecule has 136 valence electrons. The molecule has 3 rings (SSSR count). The van der Waals surface area contributed by atoms with Gasteiger partial charge in [0.25, 0.3) is 5.69 Å². The molecular formula is C18H18N2O6. The van der Waals surface area contributed by atoms with Gasteiger partial charge in [0.15, 0.2) is 0 Å². The highest BCUT2D eigenvalue weighted by atomic mass is 16.6. The Labute approximate surface area is 150 Å². The van der Waals surface area contributed by atoms with E-state index in [4.69, 9.17) is 14.2 Å². The maximum absolute atomic E-state index is 12.2. The molecule has 8 nitrogen and oxygen atoms in total. The number of benzene rings is 2. The van der Waals surface area contributed by atoms with Crippen LogP contribution in [0.25, 0.3) is 0 Å². The minimum Gasteiger partial charge on any atom is -0.444 e. The molecule has 8 heteroatoms. The summed E-state index contributed by atoms with van der Waals surface area (Å²) >= 11 is 0. The van der Waals surface area contributed by atoms with E-state index in [0.717, 1.165) is 5.56 Å². The number of non-ortho nitro benzene ring substituents is 1. The second kappa shape index (κ2) is 7.51. The third kappa shape index (κ3) is 3.37. The molecule has 1 heterocycles. The minimum atomic E-state index is -1.17. The van der Waals surface area contributed by atoms with Crippen LogP contribution in [-0.2, 0) is 26.5 Å². The van der Waals surface area contributed by atoms with Crippen molar-refractivity contribution in [3.8, 4) is 0 Å². The third-order valence-corrected chi connectivity index (χ3v) is 4.13. The summed E-state index contributed by atoms with van der Waals surface area (Å²) < 4.78 is 16.5. The molecule has 1 aliphatic rings. The molecule has 1 atom stereocenters. The van der Waals surface area contributed by atoms with Gasteiger partial charge in [0.1, 0.15) is 13.3 Å². The second-order valence-electron chi connectivity index (χ2n) is 5.77. The van der Waals surface area contributed by atoms with Gasteiger partial charge in [-0.25, -0.2) is 9.69 Å². The molecule has 0 saturated carbocycles. The Kier molecular flexibility index (Phi) is 5.15. The lowest BCUT2D eigenvalue weighted by atomic mass is 10.0. The van der Waals surface area contributed by atoms with E-state index in [9.17, 15) is 14.9 Å². The summed E-state index contributed by atoms with van der Waals surface area (Å²) in [6.45, 7) is 0.0459. The molecule has 0 aromatic heterocycles. The zero-order valence-electron chi connectivity index (χ0n) is 14.2. The van der Waals surface area contributed by atoms with Crippen molar-refractivity contribution >= 4 is 11.8 Å². The summed E-state index contributed by atoms with van der Waals surface area (Å²) in [5.41, 5.74) is 0.158. The van der Waals surface area contributed by atoms with Crippen LogP contribution >= 0.6 is 0 Å². The monoisotopic (exact) mass is 358 g/mol. The van der Waals surface area contributed by atoms with Gasteiger partial charge in [-0.2, -0.15) is 0 Å². The van der Waals surface area contributed by atoms with E-state index < -0.39 is 16.7 Å². The number of ether oxygens (including phenoxy) is 3. The van der Waals surface area contributed by atoms with Gasteiger partial charge in [0.05, 0.1) is 11.5 Å². The Morgan fingerprint density at radius 2 is 2.00 bits per heavy atom. The Morgan fingerprint density at radius 3 is 2.69 bits per heavy atom. The van der Waals surface area contributed by atoms with Gasteiger partial charge in [0, 0.05) is 24.8 Å². The molecule has 26 heavy (non-hydrogen) atoms. The first-order valence-electron chi connectivity index (χ1n) is 7.93. The number of nitro benzene ring substituents is 1. The molecule has 1 amide bonds. The first-order valence-corrected chi connectivity index (χ1v) is 7.93. The van der Waals surface area contributed by atoms with Gasteiger partial charge in [-0.05, 0) is 5.56 Å². The van der Waals surface area contributed by atoms with Crippen molar-refractivity contribution in [1.29, 1.82) is 0 Å². The molecule has 0 N–H and O–H groups in total. The first-order chi connectivity index (χ1) is 12.6. The number of carbonyl (C=O) groups excluding carboxylic acids is 1. The number of cyclic esters (lactones) is 1. The topological polar surface area (TPSA) is 91.1 Å². The van der Waals surface area contributed by atoms with E-state index in [2.05, 4.69) is 0 Å². The molecule has 0 spiro atoms. The predicted molar refractivity (Wildman–Crippen MR) is 91.1 cm³/mol. The number of carbonyl (C=O) groups is 1. The van der Waals surface area contributed by atoms with Crippen molar-refractivity contribution < 1.29 is 23.9 Å². The average Bonchev–Trinajstić information content (AvgIpc) is 2.98. The van der Waals surface area contributed by atoms with Crippen molar-refractivity contribution in [2.75, 3.05) is 20.4 Å². The Bertz CT molecular complexity index is 797. The van der Waals surface area contributed by atoms with Gasteiger partial charge in [-0.15, -0.1) is 0 Å². The molecule has 1 unspecified atom stereocenters. The van der Waals surface area contributed by atoms with Crippen molar-refractivity contribution in [2.45, 2.75) is 12.3 Å². The number of hydrogen-bond acceptors (Lipinski definition) is 6. The number of amides is 1. The van der Waals surface area contributed by atoms with E-state index in [1.54, 1.807) is 12.1 Å². The van der Waals surface area contributed by atoms with Gasteiger partial charge in [-0.3, -0.25) is 10.1 Å². The predicted octanol–water partition coefficient (Wildman–Crippen LogP) is 3.02. The van der Waals surface area contributed by atoms with E-state index in [1.165, 1.54) is 24.1 Å². The fraction of sp³-hybridized carbons (Fsp3) is 0.278. The Morgan fingerprint density at radius 1 is 1.23 bits per heavy atom. The Hall–Kier alpha value is -2.97. The smallest absolute Gasteiger partial charge is 0.414 e. The third-order valence-electron chi connectivity index (χ3n) is 4.13. The molecule has 0 bridgehead atoms. The number of nitrogens with zero attached hydrogens (tertiary/aromatic N) is 2. The average molecular weight is 358 g/mol. The SMILES string of the molecule is COCN1C(=O)OCC1(OCc1cccc([N+](=O)[O-])c1)c1ccccc1. The molecule has 1 fully saturated rings. The first kappa shape index (κ1) is 17.8. The van der Waals surface area contributed by atoms with Gasteiger partial charge in [0.2, 0.25) is 5.72 Å². The highest BCUT2D eigenvalue weighted by molar-refractivity contribution is 5.71. The highest BCUT2D eigenvalue weighted by Crippen LogP contribution is 2.37.